The molecule has 22 heavy (non-hydrogen) atoms. The van der Waals surface area contributed by atoms with Crippen LogP contribution in [0.25, 0.3) is 0 Å². The summed E-state index contributed by atoms with van der Waals surface area (Å²) >= 11 is 3.14. The first-order valence-electron chi connectivity index (χ1n) is 6.47. The fourth-order valence-electron chi connectivity index (χ4n) is 1.73. The van der Waals surface area contributed by atoms with E-state index in [0.717, 1.165) is 11.3 Å². The monoisotopic (exact) mass is 478 g/mol. The highest BCUT2D eigenvalue weighted by Gasteiger charge is 2.02. The van der Waals surface area contributed by atoms with Crippen molar-refractivity contribution in [3.8, 4) is 0 Å². The Bertz CT molecular complexity index is 622. The Hall–Kier alpha value is -1.22. The van der Waals surface area contributed by atoms with E-state index in [2.05, 4.69) is 36.5 Å². The van der Waals surface area contributed by atoms with Crippen molar-refractivity contribution in [2.75, 3.05) is 7.05 Å². The van der Waals surface area contributed by atoms with Gasteiger partial charge in [0.1, 0.15) is 5.82 Å². The summed E-state index contributed by atoms with van der Waals surface area (Å²) in [5.41, 5.74) is 1.77. The maximum absolute atomic E-state index is 13.4. The molecule has 0 saturated carbocycles. The Labute approximate surface area is 154 Å². The zero-order chi connectivity index (χ0) is 15.1. The van der Waals surface area contributed by atoms with Crippen LogP contribution in [0.4, 0.5) is 4.39 Å². The quantitative estimate of drug-likeness (QED) is 0.402. The summed E-state index contributed by atoms with van der Waals surface area (Å²) in [6, 6.07) is 10.8. The van der Waals surface area contributed by atoms with E-state index in [9.17, 15) is 4.39 Å². The third kappa shape index (κ3) is 5.88. The van der Waals surface area contributed by atoms with Crippen molar-refractivity contribution in [2.45, 2.75) is 13.1 Å². The van der Waals surface area contributed by atoms with Gasteiger partial charge in [-0.3, -0.25) is 9.98 Å². The summed E-state index contributed by atoms with van der Waals surface area (Å²) in [7, 11) is 1.69. The van der Waals surface area contributed by atoms with Gasteiger partial charge in [-0.15, -0.1) is 24.0 Å². The molecule has 0 spiro atoms. The van der Waals surface area contributed by atoms with Crippen LogP contribution in [0.1, 0.15) is 11.3 Å². The third-order valence-electron chi connectivity index (χ3n) is 2.83. The van der Waals surface area contributed by atoms with Crippen molar-refractivity contribution in [3.63, 3.8) is 0 Å². The normalized spacial score (nSPS) is 10.8. The van der Waals surface area contributed by atoms with Gasteiger partial charge in [0.05, 0.1) is 16.7 Å². The average Bonchev–Trinajstić information content (AvgIpc) is 2.52. The average molecular weight is 479 g/mol. The van der Waals surface area contributed by atoms with E-state index >= 15 is 0 Å². The van der Waals surface area contributed by atoms with Crippen molar-refractivity contribution in [2.24, 2.45) is 4.99 Å². The molecule has 1 aromatic heterocycles. The highest BCUT2D eigenvalue weighted by Crippen LogP contribution is 2.16. The van der Waals surface area contributed by atoms with Crippen molar-refractivity contribution in [1.82, 2.24) is 15.6 Å². The van der Waals surface area contributed by atoms with Gasteiger partial charge in [-0.1, -0.05) is 12.1 Å². The molecule has 2 N–H and O–H groups in total. The molecule has 1 heterocycles. The molecule has 0 aliphatic rings. The molecular weight excluding hydrogens is 462 g/mol. The summed E-state index contributed by atoms with van der Waals surface area (Å²) in [6.07, 6.45) is 1.75. The first-order valence-corrected chi connectivity index (χ1v) is 7.26. The molecule has 2 rings (SSSR count). The summed E-state index contributed by atoms with van der Waals surface area (Å²) in [5, 5.41) is 6.29. The predicted molar refractivity (Wildman–Crippen MR) is 101 cm³/mol. The molecule has 0 unspecified atom stereocenters. The first-order chi connectivity index (χ1) is 10.2. The molecule has 0 bridgehead atoms. The minimum Gasteiger partial charge on any atom is -0.352 e. The summed E-state index contributed by atoms with van der Waals surface area (Å²) in [4.78, 5) is 8.35. The molecule has 7 heteroatoms. The first kappa shape index (κ1) is 18.8. The van der Waals surface area contributed by atoms with Crippen LogP contribution in [-0.2, 0) is 13.1 Å². The highest BCUT2D eigenvalue weighted by atomic mass is 127. The zero-order valence-electron chi connectivity index (χ0n) is 12.0. The molecular formula is C15H17BrFIN4. The number of halogens is 3. The van der Waals surface area contributed by atoms with Crippen LogP contribution in [0.15, 0.2) is 52.1 Å². The van der Waals surface area contributed by atoms with Crippen LogP contribution in [0.3, 0.4) is 0 Å². The molecule has 0 aliphatic heterocycles. The number of benzene rings is 1. The smallest absolute Gasteiger partial charge is 0.191 e. The maximum Gasteiger partial charge on any atom is 0.191 e. The van der Waals surface area contributed by atoms with Gasteiger partial charge in [0, 0.05) is 19.8 Å². The lowest BCUT2D eigenvalue weighted by atomic mass is 10.2. The number of aromatic nitrogens is 1. The van der Waals surface area contributed by atoms with Gasteiger partial charge in [0.2, 0.25) is 0 Å². The molecule has 2 aromatic rings. The van der Waals surface area contributed by atoms with E-state index in [4.69, 9.17) is 0 Å². The number of aliphatic imine (C=N–C) groups is 1. The van der Waals surface area contributed by atoms with E-state index in [0.29, 0.717) is 23.5 Å². The fraction of sp³-hybridized carbons (Fsp3) is 0.200. The van der Waals surface area contributed by atoms with E-state index in [1.807, 2.05) is 24.3 Å². The van der Waals surface area contributed by atoms with Gasteiger partial charge in [-0.25, -0.2) is 4.39 Å². The minimum atomic E-state index is -0.272. The van der Waals surface area contributed by atoms with Crippen molar-refractivity contribution in [1.29, 1.82) is 0 Å². The Kier molecular flexibility index (Phi) is 8.32. The summed E-state index contributed by atoms with van der Waals surface area (Å²) in [6.45, 7) is 1.07. The number of hydrogen-bond donors (Lipinski definition) is 2. The van der Waals surface area contributed by atoms with Crippen LogP contribution in [0.5, 0.6) is 0 Å². The number of nitrogens with zero attached hydrogens (tertiary/aromatic N) is 2. The van der Waals surface area contributed by atoms with Crippen LogP contribution in [-0.4, -0.2) is 18.0 Å². The van der Waals surface area contributed by atoms with Gasteiger partial charge >= 0.3 is 0 Å². The fourth-order valence-corrected chi connectivity index (χ4v) is 1.98. The van der Waals surface area contributed by atoms with E-state index < -0.39 is 0 Å². The highest BCUT2D eigenvalue weighted by molar-refractivity contribution is 14.0. The van der Waals surface area contributed by atoms with Crippen LogP contribution in [0.2, 0.25) is 0 Å². The van der Waals surface area contributed by atoms with Gasteiger partial charge in [0.25, 0.3) is 0 Å². The predicted octanol–water partition coefficient (Wildman–Crippen LogP) is 3.47. The minimum absolute atomic E-state index is 0. The van der Waals surface area contributed by atoms with E-state index in [1.165, 1.54) is 6.07 Å². The van der Waals surface area contributed by atoms with Crippen LogP contribution < -0.4 is 10.6 Å². The van der Waals surface area contributed by atoms with Crippen molar-refractivity contribution in [3.05, 3.63) is 64.1 Å². The zero-order valence-corrected chi connectivity index (χ0v) is 15.9. The number of hydrogen-bond acceptors (Lipinski definition) is 2. The van der Waals surface area contributed by atoms with Gasteiger partial charge in [-0.05, 0) is 45.8 Å². The molecule has 0 saturated heterocycles. The lowest BCUT2D eigenvalue weighted by Gasteiger charge is -2.12. The molecule has 0 aliphatic carbocycles. The number of guanidine groups is 1. The summed E-state index contributed by atoms with van der Waals surface area (Å²) in [5.74, 6) is 0.370. The molecule has 0 radical (unpaired) electrons. The lowest BCUT2D eigenvalue weighted by Crippen LogP contribution is -2.36. The number of nitrogens with one attached hydrogen (secondary N) is 2. The molecule has 1 aromatic carbocycles. The second-order valence-electron chi connectivity index (χ2n) is 4.35. The standard InChI is InChI=1S/C15H16BrFN4.HI/c1-18-15(21-10-12-4-2-3-7-19-12)20-9-11-5-6-13(16)14(17)8-11;/h2-8H,9-10H2,1H3,(H2,18,20,21);1H. The van der Waals surface area contributed by atoms with Gasteiger partial charge in [-0.2, -0.15) is 0 Å². The van der Waals surface area contributed by atoms with Crippen LogP contribution >= 0.6 is 39.9 Å². The number of rotatable bonds is 4. The number of pyridine rings is 1. The largest absolute Gasteiger partial charge is 0.352 e. The second-order valence-corrected chi connectivity index (χ2v) is 5.20. The topological polar surface area (TPSA) is 49.3 Å². The third-order valence-corrected chi connectivity index (χ3v) is 3.47. The Morgan fingerprint density at radius 3 is 2.64 bits per heavy atom. The maximum atomic E-state index is 13.4. The Balaban J connectivity index is 0.00000242. The van der Waals surface area contributed by atoms with Gasteiger partial charge < -0.3 is 10.6 Å². The SMILES string of the molecule is CN=C(NCc1ccc(Br)c(F)c1)NCc1ccccn1.I. The lowest BCUT2D eigenvalue weighted by molar-refractivity contribution is 0.617. The second kappa shape index (κ2) is 9.73. The molecule has 4 nitrogen and oxygen atoms in total. The summed E-state index contributed by atoms with van der Waals surface area (Å²) < 4.78 is 13.9. The van der Waals surface area contributed by atoms with Gasteiger partial charge in [0.15, 0.2) is 5.96 Å². The van der Waals surface area contributed by atoms with Crippen LogP contribution in [0, 0.1) is 5.82 Å². The Morgan fingerprint density at radius 1 is 1.23 bits per heavy atom. The molecule has 0 atom stereocenters. The van der Waals surface area contributed by atoms with Crippen molar-refractivity contribution < 1.29 is 4.39 Å². The van der Waals surface area contributed by atoms with E-state index in [1.54, 1.807) is 19.3 Å². The van der Waals surface area contributed by atoms with Crippen molar-refractivity contribution >= 4 is 45.9 Å². The molecule has 0 fully saturated rings. The molecule has 118 valence electrons. The molecule has 0 amide bonds. The van der Waals surface area contributed by atoms with E-state index in [-0.39, 0.29) is 29.8 Å². The Morgan fingerprint density at radius 2 is 2.00 bits per heavy atom.